The molecule has 140 valence electrons. The van der Waals surface area contributed by atoms with Crippen molar-refractivity contribution in [3.05, 3.63) is 64.5 Å². The van der Waals surface area contributed by atoms with E-state index >= 15 is 0 Å². The van der Waals surface area contributed by atoms with Crippen molar-refractivity contribution < 1.29 is 4.79 Å². The lowest BCUT2D eigenvalue weighted by molar-refractivity contribution is -0.121. The second kappa shape index (κ2) is 8.23. The highest BCUT2D eigenvalue weighted by Gasteiger charge is 2.21. The molecule has 1 fully saturated rings. The Bertz CT molecular complexity index is 931. The molecular formula is C21H23BrN4O. The van der Waals surface area contributed by atoms with E-state index in [4.69, 9.17) is 0 Å². The first-order valence-corrected chi connectivity index (χ1v) is 10.1. The van der Waals surface area contributed by atoms with Crippen LogP contribution in [0.2, 0.25) is 0 Å². The summed E-state index contributed by atoms with van der Waals surface area (Å²) in [7, 11) is 0. The predicted molar refractivity (Wildman–Crippen MR) is 110 cm³/mol. The van der Waals surface area contributed by atoms with E-state index in [0.717, 1.165) is 53.4 Å². The van der Waals surface area contributed by atoms with E-state index in [9.17, 15) is 4.79 Å². The number of carbonyl (C=O) groups is 1. The number of pyridine rings is 1. The van der Waals surface area contributed by atoms with Gasteiger partial charge in [-0.1, -0.05) is 28.1 Å². The largest absolute Gasteiger partial charge is 0.360 e. The van der Waals surface area contributed by atoms with Crippen LogP contribution < -0.4 is 5.32 Å². The summed E-state index contributed by atoms with van der Waals surface area (Å²) >= 11 is 3.53. The minimum atomic E-state index is 0.0955. The maximum atomic E-state index is 12.5. The summed E-state index contributed by atoms with van der Waals surface area (Å²) in [5.74, 6) is 0.0955. The number of benzene rings is 1. The van der Waals surface area contributed by atoms with Crippen molar-refractivity contribution in [3.63, 3.8) is 0 Å². The number of fused-ring (bicyclic) bond motifs is 1. The molecule has 6 heteroatoms. The number of hydrogen-bond acceptors (Lipinski definition) is 3. The first kappa shape index (κ1) is 18.2. The van der Waals surface area contributed by atoms with E-state index in [0.29, 0.717) is 6.42 Å². The van der Waals surface area contributed by atoms with Crippen molar-refractivity contribution in [1.82, 2.24) is 20.2 Å². The average molecular weight is 427 g/mol. The van der Waals surface area contributed by atoms with Crippen molar-refractivity contribution in [2.75, 3.05) is 13.1 Å². The van der Waals surface area contributed by atoms with Gasteiger partial charge >= 0.3 is 0 Å². The van der Waals surface area contributed by atoms with Crippen LogP contribution in [-0.2, 0) is 17.8 Å². The number of aromatic amines is 1. The van der Waals surface area contributed by atoms with Gasteiger partial charge in [-0.2, -0.15) is 0 Å². The van der Waals surface area contributed by atoms with Crippen molar-refractivity contribution >= 4 is 32.7 Å². The molecule has 0 radical (unpaired) electrons. The molecule has 0 atom stereocenters. The molecule has 0 bridgehead atoms. The quantitative estimate of drug-likeness (QED) is 0.654. The molecule has 1 aliphatic heterocycles. The maximum Gasteiger partial charge on any atom is 0.224 e. The maximum absolute atomic E-state index is 12.5. The minimum absolute atomic E-state index is 0.0955. The number of nitrogens with one attached hydrogen (secondary N) is 2. The zero-order valence-corrected chi connectivity index (χ0v) is 16.7. The fraction of sp³-hybridized carbons (Fsp3) is 0.333. The standard InChI is InChI=1S/C21H23BrN4O/c22-17-3-1-2-15(10-17)14-26-8-5-18(6-9-26)25-21(27)11-16-12-24-20-13-23-7-4-19(16)20/h1-4,7,10,12-13,18,24H,5-6,8-9,11,14H2,(H,25,27). The molecule has 4 rings (SSSR count). The molecule has 0 aliphatic carbocycles. The lowest BCUT2D eigenvalue weighted by Crippen LogP contribution is -2.44. The fourth-order valence-corrected chi connectivity index (χ4v) is 4.21. The Morgan fingerprint density at radius 2 is 2.15 bits per heavy atom. The molecule has 5 nitrogen and oxygen atoms in total. The van der Waals surface area contributed by atoms with E-state index in [1.165, 1.54) is 5.56 Å². The van der Waals surface area contributed by atoms with E-state index in [2.05, 4.69) is 60.4 Å². The Labute approximate surface area is 167 Å². The lowest BCUT2D eigenvalue weighted by atomic mass is 10.0. The highest BCUT2D eigenvalue weighted by molar-refractivity contribution is 9.10. The van der Waals surface area contributed by atoms with Crippen LogP contribution in [0.5, 0.6) is 0 Å². The van der Waals surface area contributed by atoms with Crippen LogP contribution in [0.25, 0.3) is 10.9 Å². The highest BCUT2D eigenvalue weighted by Crippen LogP contribution is 2.19. The molecule has 1 aliphatic rings. The number of rotatable bonds is 5. The van der Waals surface area contributed by atoms with Gasteiger partial charge in [-0.05, 0) is 42.2 Å². The van der Waals surface area contributed by atoms with Gasteiger partial charge in [0, 0.05) is 47.9 Å². The number of amides is 1. The molecule has 2 aromatic heterocycles. The van der Waals surface area contributed by atoms with Crippen LogP contribution in [0, 0.1) is 0 Å². The van der Waals surface area contributed by atoms with Gasteiger partial charge < -0.3 is 10.3 Å². The van der Waals surface area contributed by atoms with Gasteiger partial charge in [0.15, 0.2) is 0 Å². The topological polar surface area (TPSA) is 61.0 Å². The smallest absolute Gasteiger partial charge is 0.224 e. The number of aromatic nitrogens is 2. The molecule has 0 saturated carbocycles. The monoisotopic (exact) mass is 426 g/mol. The summed E-state index contributed by atoms with van der Waals surface area (Å²) in [6.45, 7) is 2.98. The van der Waals surface area contributed by atoms with Crippen molar-refractivity contribution in [3.8, 4) is 0 Å². The Balaban J connectivity index is 1.27. The van der Waals surface area contributed by atoms with Gasteiger partial charge in [0.2, 0.25) is 5.91 Å². The van der Waals surface area contributed by atoms with Crippen LogP contribution in [0.15, 0.2) is 53.4 Å². The van der Waals surface area contributed by atoms with Crippen molar-refractivity contribution in [2.24, 2.45) is 0 Å². The Morgan fingerprint density at radius 1 is 1.30 bits per heavy atom. The van der Waals surface area contributed by atoms with Gasteiger partial charge in [-0.3, -0.25) is 14.7 Å². The molecule has 1 aromatic carbocycles. The average Bonchev–Trinajstić information content (AvgIpc) is 3.06. The molecular weight excluding hydrogens is 404 g/mol. The number of nitrogens with zero attached hydrogens (tertiary/aromatic N) is 2. The van der Waals surface area contributed by atoms with E-state index in [1.807, 2.05) is 12.3 Å². The van der Waals surface area contributed by atoms with E-state index in [-0.39, 0.29) is 11.9 Å². The summed E-state index contributed by atoms with van der Waals surface area (Å²) in [6.07, 6.45) is 7.86. The number of hydrogen-bond donors (Lipinski definition) is 2. The third-order valence-corrected chi connectivity index (χ3v) is 5.66. The van der Waals surface area contributed by atoms with Crippen molar-refractivity contribution in [1.29, 1.82) is 0 Å². The first-order chi connectivity index (χ1) is 13.2. The molecule has 1 saturated heterocycles. The van der Waals surface area contributed by atoms with Gasteiger partial charge in [0.1, 0.15) is 0 Å². The molecule has 3 heterocycles. The van der Waals surface area contributed by atoms with Crippen molar-refractivity contribution in [2.45, 2.75) is 31.8 Å². The molecule has 2 N–H and O–H groups in total. The molecule has 3 aromatic rings. The lowest BCUT2D eigenvalue weighted by Gasteiger charge is -2.32. The SMILES string of the molecule is O=C(Cc1c[nH]c2cnccc12)NC1CCN(Cc2cccc(Br)c2)CC1. The molecule has 0 spiro atoms. The zero-order chi connectivity index (χ0) is 18.6. The fourth-order valence-electron chi connectivity index (χ4n) is 3.76. The number of H-pyrrole nitrogens is 1. The second-order valence-corrected chi connectivity index (χ2v) is 8.08. The van der Waals surface area contributed by atoms with Crippen LogP contribution >= 0.6 is 15.9 Å². The second-order valence-electron chi connectivity index (χ2n) is 7.16. The molecule has 0 unspecified atom stereocenters. The van der Waals surface area contributed by atoms with Gasteiger partial charge in [-0.15, -0.1) is 0 Å². The summed E-state index contributed by atoms with van der Waals surface area (Å²) < 4.78 is 1.12. The third-order valence-electron chi connectivity index (χ3n) is 5.17. The molecule has 27 heavy (non-hydrogen) atoms. The summed E-state index contributed by atoms with van der Waals surface area (Å²) in [5.41, 5.74) is 3.32. The molecule has 1 amide bonds. The van der Waals surface area contributed by atoms with Crippen LogP contribution in [0.3, 0.4) is 0 Å². The number of carbonyl (C=O) groups excluding carboxylic acids is 1. The van der Waals surface area contributed by atoms with Crippen LogP contribution in [0.4, 0.5) is 0 Å². The summed E-state index contributed by atoms with van der Waals surface area (Å²) in [4.78, 5) is 22.2. The minimum Gasteiger partial charge on any atom is -0.360 e. The predicted octanol–water partition coefficient (Wildman–Crippen LogP) is 3.65. The third kappa shape index (κ3) is 4.57. The Hall–Kier alpha value is -2.18. The number of halogens is 1. The van der Waals surface area contributed by atoms with Crippen LogP contribution in [-0.4, -0.2) is 39.9 Å². The summed E-state index contributed by atoms with van der Waals surface area (Å²) in [6, 6.07) is 10.7. The summed E-state index contributed by atoms with van der Waals surface area (Å²) in [5, 5.41) is 4.29. The van der Waals surface area contributed by atoms with Gasteiger partial charge in [0.25, 0.3) is 0 Å². The van der Waals surface area contributed by atoms with E-state index < -0.39 is 0 Å². The van der Waals surface area contributed by atoms with Gasteiger partial charge in [0.05, 0.1) is 18.1 Å². The first-order valence-electron chi connectivity index (χ1n) is 9.33. The Kier molecular flexibility index (Phi) is 5.55. The number of piperidine rings is 1. The highest BCUT2D eigenvalue weighted by atomic mass is 79.9. The van der Waals surface area contributed by atoms with Crippen LogP contribution in [0.1, 0.15) is 24.0 Å². The van der Waals surface area contributed by atoms with E-state index in [1.54, 1.807) is 12.4 Å². The zero-order valence-electron chi connectivity index (χ0n) is 15.1. The normalized spacial score (nSPS) is 15.9. The van der Waals surface area contributed by atoms with Gasteiger partial charge in [-0.25, -0.2) is 0 Å². The number of likely N-dealkylation sites (tertiary alicyclic amines) is 1. The Morgan fingerprint density at radius 3 is 2.96 bits per heavy atom.